The molecule has 2 amide bonds. The van der Waals surface area contributed by atoms with Gasteiger partial charge in [-0.1, -0.05) is 0 Å². The van der Waals surface area contributed by atoms with Gasteiger partial charge in [-0.3, -0.25) is 0 Å². The molecule has 7 heteroatoms. The number of nitrogens with zero attached hydrogens (tertiary/aromatic N) is 1. The van der Waals surface area contributed by atoms with Crippen molar-refractivity contribution in [1.82, 2.24) is 0 Å². The molecule has 0 aliphatic heterocycles. The third-order valence-electron chi connectivity index (χ3n) is 4.42. The van der Waals surface area contributed by atoms with Gasteiger partial charge < -0.3 is 29.7 Å². The van der Waals surface area contributed by atoms with Gasteiger partial charge in [-0.05, 0) is 58.9 Å². The first-order chi connectivity index (χ1) is 14.6. The minimum absolute atomic E-state index is 0.348. The van der Waals surface area contributed by atoms with Crippen LogP contribution in [0, 0.1) is 0 Å². The molecule has 2 aromatic carbocycles. The molecular formula is C23H33N3O4. The van der Waals surface area contributed by atoms with E-state index in [1.165, 1.54) is 0 Å². The minimum atomic E-state index is -0.348. The van der Waals surface area contributed by atoms with Crippen LogP contribution in [0.1, 0.15) is 34.6 Å². The number of rotatable bonds is 11. The molecular weight excluding hydrogens is 382 g/mol. The van der Waals surface area contributed by atoms with Crippen LogP contribution in [0.4, 0.5) is 21.9 Å². The summed E-state index contributed by atoms with van der Waals surface area (Å²) in [4.78, 5) is 14.8. The summed E-state index contributed by atoms with van der Waals surface area (Å²) in [7, 11) is 0. The molecule has 2 aromatic rings. The summed E-state index contributed by atoms with van der Waals surface area (Å²) in [6, 6.07) is 10.9. The van der Waals surface area contributed by atoms with E-state index < -0.39 is 0 Å². The van der Waals surface area contributed by atoms with E-state index in [1.807, 2.05) is 45.0 Å². The van der Waals surface area contributed by atoms with Gasteiger partial charge in [0.2, 0.25) is 5.75 Å². The van der Waals surface area contributed by atoms with Gasteiger partial charge in [-0.2, -0.15) is 0 Å². The van der Waals surface area contributed by atoms with Gasteiger partial charge in [0.05, 0.1) is 25.5 Å². The van der Waals surface area contributed by atoms with E-state index in [0.29, 0.717) is 48.4 Å². The second kappa shape index (κ2) is 11.8. The molecule has 2 N–H and O–H groups in total. The third kappa shape index (κ3) is 6.20. The monoisotopic (exact) mass is 415 g/mol. The number of ether oxygens (including phenoxy) is 3. The van der Waals surface area contributed by atoms with E-state index in [2.05, 4.69) is 29.4 Å². The van der Waals surface area contributed by atoms with Crippen molar-refractivity contribution in [2.45, 2.75) is 34.6 Å². The summed E-state index contributed by atoms with van der Waals surface area (Å²) >= 11 is 0. The number of nitrogens with one attached hydrogen (secondary N) is 2. The van der Waals surface area contributed by atoms with E-state index in [1.54, 1.807) is 12.1 Å². The topological polar surface area (TPSA) is 72.1 Å². The normalized spacial score (nSPS) is 10.3. The standard InChI is InChI=1S/C23H33N3O4/c1-6-26(7-2)19-13-11-17(12-14-19)24-23(27)25-18-15-20(28-8-3)22(30-10-5)21(16-18)29-9-4/h11-16H,6-10H2,1-5H3,(H2,24,25,27). The molecule has 0 fully saturated rings. The Morgan fingerprint density at radius 1 is 0.767 bits per heavy atom. The Balaban J connectivity index is 2.15. The van der Waals surface area contributed by atoms with Crippen LogP contribution in [0.15, 0.2) is 36.4 Å². The van der Waals surface area contributed by atoms with Crippen LogP contribution >= 0.6 is 0 Å². The van der Waals surface area contributed by atoms with Gasteiger partial charge in [0.15, 0.2) is 11.5 Å². The largest absolute Gasteiger partial charge is 0.490 e. The maximum Gasteiger partial charge on any atom is 0.323 e. The van der Waals surface area contributed by atoms with Crippen LogP contribution < -0.4 is 29.7 Å². The number of benzene rings is 2. The third-order valence-corrected chi connectivity index (χ3v) is 4.42. The molecule has 0 aliphatic carbocycles. The van der Waals surface area contributed by atoms with Crippen molar-refractivity contribution in [2.24, 2.45) is 0 Å². The van der Waals surface area contributed by atoms with Crippen molar-refractivity contribution < 1.29 is 19.0 Å². The fourth-order valence-corrected chi connectivity index (χ4v) is 3.10. The number of amides is 2. The molecule has 0 saturated heterocycles. The predicted octanol–water partition coefficient (Wildman–Crippen LogP) is 5.37. The second-order valence-electron chi connectivity index (χ2n) is 6.40. The summed E-state index contributed by atoms with van der Waals surface area (Å²) < 4.78 is 17.1. The van der Waals surface area contributed by atoms with Gasteiger partial charge >= 0.3 is 6.03 Å². The fraction of sp³-hybridized carbons (Fsp3) is 0.435. The molecule has 0 aromatic heterocycles. The molecule has 0 bridgehead atoms. The lowest BCUT2D eigenvalue weighted by Crippen LogP contribution is -2.22. The molecule has 0 unspecified atom stereocenters. The SMILES string of the molecule is CCOc1cc(NC(=O)Nc2ccc(N(CC)CC)cc2)cc(OCC)c1OCC. The van der Waals surface area contributed by atoms with Crippen molar-refractivity contribution in [1.29, 1.82) is 0 Å². The average molecular weight is 416 g/mol. The predicted molar refractivity (Wildman–Crippen MR) is 123 cm³/mol. The van der Waals surface area contributed by atoms with Crippen molar-refractivity contribution in [3.8, 4) is 17.2 Å². The highest BCUT2D eigenvalue weighted by atomic mass is 16.5. The van der Waals surface area contributed by atoms with Gasteiger partial charge in [0.1, 0.15) is 0 Å². The lowest BCUT2D eigenvalue weighted by atomic mass is 10.2. The van der Waals surface area contributed by atoms with E-state index in [4.69, 9.17) is 14.2 Å². The average Bonchev–Trinajstić information content (AvgIpc) is 2.73. The van der Waals surface area contributed by atoms with E-state index in [-0.39, 0.29) is 6.03 Å². The zero-order valence-electron chi connectivity index (χ0n) is 18.6. The summed E-state index contributed by atoms with van der Waals surface area (Å²) in [5, 5.41) is 5.69. The Hall–Kier alpha value is -3.09. The quantitative estimate of drug-likeness (QED) is 0.516. The van der Waals surface area contributed by atoms with Crippen molar-refractivity contribution >= 4 is 23.1 Å². The molecule has 0 spiro atoms. The summed E-state index contributed by atoms with van der Waals surface area (Å²) in [5.74, 6) is 1.60. The highest BCUT2D eigenvalue weighted by Gasteiger charge is 2.16. The van der Waals surface area contributed by atoms with Crippen LogP contribution in [0.25, 0.3) is 0 Å². The Morgan fingerprint density at radius 2 is 1.27 bits per heavy atom. The maximum atomic E-state index is 12.5. The van der Waals surface area contributed by atoms with Crippen LogP contribution in [-0.4, -0.2) is 38.9 Å². The van der Waals surface area contributed by atoms with Crippen LogP contribution in [0.3, 0.4) is 0 Å². The molecule has 0 saturated carbocycles. The number of carbonyl (C=O) groups excluding carboxylic acids is 1. The van der Waals surface area contributed by atoms with Crippen LogP contribution in [-0.2, 0) is 0 Å². The first-order valence-corrected chi connectivity index (χ1v) is 10.6. The first kappa shape index (κ1) is 23.2. The van der Waals surface area contributed by atoms with Gasteiger partial charge in [-0.15, -0.1) is 0 Å². The molecule has 0 radical (unpaired) electrons. The number of hydrogen-bond acceptors (Lipinski definition) is 5. The van der Waals surface area contributed by atoms with Crippen molar-refractivity contribution in [2.75, 3.05) is 48.4 Å². The van der Waals surface area contributed by atoms with Gasteiger partial charge in [-0.25, -0.2) is 4.79 Å². The smallest absolute Gasteiger partial charge is 0.323 e. The summed E-state index contributed by atoms with van der Waals surface area (Å²) in [6.07, 6.45) is 0. The van der Waals surface area contributed by atoms with Crippen molar-refractivity contribution in [3.05, 3.63) is 36.4 Å². The van der Waals surface area contributed by atoms with Gasteiger partial charge in [0.25, 0.3) is 0 Å². The fourth-order valence-electron chi connectivity index (χ4n) is 3.10. The van der Waals surface area contributed by atoms with Gasteiger partial charge in [0, 0.05) is 36.6 Å². The summed E-state index contributed by atoms with van der Waals surface area (Å²) in [6.45, 7) is 13.2. The minimum Gasteiger partial charge on any atom is -0.490 e. The summed E-state index contributed by atoms with van der Waals surface area (Å²) in [5.41, 5.74) is 2.40. The maximum absolute atomic E-state index is 12.5. The number of hydrogen-bond donors (Lipinski definition) is 2. The highest BCUT2D eigenvalue weighted by molar-refractivity contribution is 6.00. The Morgan fingerprint density at radius 3 is 1.73 bits per heavy atom. The Kier molecular flexibility index (Phi) is 9.12. The first-order valence-electron chi connectivity index (χ1n) is 10.6. The Labute approximate surface area is 179 Å². The van der Waals surface area contributed by atoms with Crippen LogP contribution in [0.5, 0.6) is 17.2 Å². The highest BCUT2D eigenvalue weighted by Crippen LogP contribution is 2.40. The zero-order valence-corrected chi connectivity index (χ0v) is 18.6. The lowest BCUT2D eigenvalue weighted by Gasteiger charge is -2.21. The molecule has 0 heterocycles. The zero-order chi connectivity index (χ0) is 21.9. The van der Waals surface area contributed by atoms with E-state index in [9.17, 15) is 4.79 Å². The van der Waals surface area contributed by atoms with E-state index in [0.717, 1.165) is 18.8 Å². The molecule has 164 valence electrons. The number of anilines is 3. The van der Waals surface area contributed by atoms with E-state index >= 15 is 0 Å². The lowest BCUT2D eigenvalue weighted by molar-refractivity contribution is 0.260. The molecule has 30 heavy (non-hydrogen) atoms. The van der Waals surface area contributed by atoms with Crippen LogP contribution in [0.2, 0.25) is 0 Å². The molecule has 0 atom stereocenters. The molecule has 7 nitrogen and oxygen atoms in total. The van der Waals surface area contributed by atoms with Crippen molar-refractivity contribution in [3.63, 3.8) is 0 Å². The second-order valence-corrected chi connectivity index (χ2v) is 6.40. The molecule has 0 aliphatic rings. The number of urea groups is 1. The number of carbonyl (C=O) groups is 1. The molecule has 2 rings (SSSR count). The Bertz CT molecular complexity index is 778.